The monoisotopic (exact) mass is 308 g/mol. The molecule has 0 aliphatic rings. The van der Waals surface area contributed by atoms with Gasteiger partial charge in [-0.2, -0.15) is 0 Å². The first-order valence-electron chi connectivity index (χ1n) is 7.79. The predicted octanol–water partition coefficient (Wildman–Crippen LogP) is 2.17. The minimum Gasteiger partial charge on any atom is -0.490 e. The summed E-state index contributed by atoms with van der Waals surface area (Å²) in [5, 5.41) is 2.95. The largest absolute Gasteiger partial charge is 0.490 e. The number of likely N-dealkylation sites (N-methyl/N-ethyl adjacent to an activating group) is 1. The number of amides is 1. The van der Waals surface area contributed by atoms with Gasteiger partial charge in [0.1, 0.15) is 12.4 Å². The van der Waals surface area contributed by atoms with E-state index < -0.39 is 0 Å². The van der Waals surface area contributed by atoms with Crippen LogP contribution >= 0.6 is 0 Å². The van der Waals surface area contributed by atoms with Gasteiger partial charge in [-0.3, -0.25) is 4.79 Å². The van der Waals surface area contributed by atoms with Crippen molar-refractivity contribution in [3.05, 3.63) is 29.8 Å². The highest BCUT2D eigenvalue weighted by atomic mass is 16.5. The molecule has 22 heavy (non-hydrogen) atoms. The molecule has 124 valence electrons. The number of hydrogen-bond acceptors (Lipinski definition) is 4. The molecular formula is C17H28N2O3. The van der Waals surface area contributed by atoms with Crippen LogP contribution in [0.3, 0.4) is 0 Å². The van der Waals surface area contributed by atoms with Gasteiger partial charge in [-0.1, -0.05) is 19.1 Å². The Hall–Kier alpha value is -1.59. The van der Waals surface area contributed by atoms with Crippen LogP contribution in [0.25, 0.3) is 0 Å². The zero-order valence-electron chi connectivity index (χ0n) is 14.1. The molecule has 5 heteroatoms. The van der Waals surface area contributed by atoms with Crippen molar-refractivity contribution >= 4 is 5.91 Å². The Kier molecular flexibility index (Phi) is 8.55. The van der Waals surface area contributed by atoms with Crippen molar-refractivity contribution in [3.63, 3.8) is 0 Å². The highest BCUT2D eigenvalue weighted by Crippen LogP contribution is 2.17. The summed E-state index contributed by atoms with van der Waals surface area (Å²) < 4.78 is 10.5. The maximum Gasteiger partial charge on any atom is 0.255 e. The lowest BCUT2D eigenvalue weighted by Gasteiger charge is -2.23. The van der Waals surface area contributed by atoms with Gasteiger partial charge < -0.3 is 19.7 Å². The normalized spacial score (nSPS) is 12.2. The van der Waals surface area contributed by atoms with Crippen molar-refractivity contribution in [2.75, 3.05) is 40.5 Å². The molecule has 0 aromatic heterocycles. The van der Waals surface area contributed by atoms with E-state index in [9.17, 15) is 4.79 Å². The fourth-order valence-electron chi connectivity index (χ4n) is 1.99. The smallest absolute Gasteiger partial charge is 0.255 e. The summed E-state index contributed by atoms with van der Waals surface area (Å²) in [4.78, 5) is 14.5. The van der Waals surface area contributed by atoms with Crippen LogP contribution in [-0.2, 0) is 4.74 Å². The maximum absolute atomic E-state index is 12.3. The molecule has 0 radical (unpaired) electrons. The molecule has 1 rings (SSSR count). The molecule has 0 saturated carbocycles. The van der Waals surface area contributed by atoms with Crippen molar-refractivity contribution in [2.45, 2.75) is 26.3 Å². The van der Waals surface area contributed by atoms with Gasteiger partial charge in [-0.15, -0.1) is 0 Å². The lowest BCUT2D eigenvalue weighted by atomic mass is 10.2. The Morgan fingerprint density at radius 1 is 1.32 bits per heavy atom. The minimum atomic E-state index is -0.106. The third kappa shape index (κ3) is 6.03. The van der Waals surface area contributed by atoms with Crippen molar-refractivity contribution in [2.24, 2.45) is 0 Å². The Morgan fingerprint density at radius 3 is 2.73 bits per heavy atom. The molecule has 0 unspecified atom stereocenters. The van der Waals surface area contributed by atoms with E-state index in [0.29, 0.717) is 37.1 Å². The lowest BCUT2D eigenvalue weighted by Crippen LogP contribution is -2.37. The summed E-state index contributed by atoms with van der Waals surface area (Å²) >= 11 is 0. The second-order valence-electron chi connectivity index (χ2n) is 5.33. The van der Waals surface area contributed by atoms with Gasteiger partial charge >= 0.3 is 0 Å². The van der Waals surface area contributed by atoms with Gasteiger partial charge in [0.25, 0.3) is 5.91 Å². The third-order valence-electron chi connectivity index (χ3n) is 3.77. The van der Waals surface area contributed by atoms with Crippen LogP contribution in [0.5, 0.6) is 5.75 Å². The van der Waals surface area contributed by atoms with Crippen molar-refractivity contribution < 1.29 is 14.3 Å². The second kappa shape index (κ2) is 10.2. The number of ether oxygens (including phenoxy) is 2. The highest BCUT2D eigenvalue weighted by molar-refractivity contribution is 5.96. The van der Waals surface area contributed by atoms with Crippen molar-refractivity contribution in [1.82, 2.24) is 10.2 Å². The number of hydrogen-bond donors (Lipinski definition) is 1. The van der Waals surface area contributed by atoms with Crippen molar-refractivity contribution in [3.8, 4) is 5.75 Å². The standard InChI is InChI=1S/C17H28N2O3/c1-5-14(2)19(3)11-10-18-17(20)15-8-6-7-9-16(15)22-13-12-21-4/h6-9,14H,5,10-13H2,1-4H3,(H,18,20)/t14-/m1/s1. The topological polar surface area (TPSA) is 50.8 Å². The number of benzene rings is 1. The number of carbonyl (C=O) groups excluding carboxylic acids is 1. The highest BCUT2D eigenvalue weighted by Gasteiger charge is 2.12. The zero-order chi connectivity index (χ0) is 16.4. The van der Waals surface area contributed by atoms with Crippen LogP contribution in [0.15, 0.2) is 24.3 Å². The number of carbonyl (C=O) groups is 1. The van der Waals surface area contributed by atoms with Crippen LogP contribution in [0.4, 0.5) is 0 Å². The molecule has 5 nitrogen and oxygen atoms in total. The van der Waals surface area contributed by atoms with E-state index in [2.05, 4.69) is 31.1 Å². The molecule has 1 amide bonds. The summed E-state index contributed by atoms with van der Waals surface area (Å²) in [7, 11) is 3.69. The predicted molar refractivity (Wildman–Crippen MR) is 88.5 cm³/mol. The molecule has 1 N–H and O–H groups in total. The van der Waals surface area contributed by atoms with Gasteiger partial charge in [-0.25, -0.2) is 0 Å². The van der Waals surface area contributed by atoms with Crippen LogP contribution in [0.2, 0.25) is 0 Å². The molecule has 1 aromatic carbocycles. The number of nitrogens with zero attached hydrogens (tertiary/aromatic N) is 1. The summed E-state index contributed by atoms with van der Waals surface area (Å²) in [5.74, 6) is 0.484. The second-order valence-corrected chi connectivity index (χ2v) is 5.33. The molecule has 0 aliphatic carbocycles. The molecular weight excluding hydrogens is 280 g/mol. The first-order valence-corrected chi connectivity index (χ1v) is 7.79. The van der Waals surface area contributed by atoms with E-state index >= 15 is 0 Å². The molecule has 0 saturated heterocycles. The van der Waals surface area contributed by atoms with Crippen LogP contribution < -0.4 is 10.1 Å². The van der Waals surface area contributed by atoms with E-state index in [-0.39, 0.29) is 5.91 Å². The SMILES string of the molecule is CC[C@@H](C)N(C)CCNC(=O)c1ccccc1OCCOC. The van der Waals surface area contributed by atoms with Gasteiger partial charge in [-0.05, 0) is 32.5 Å². The summed E-state index contributed by atoms with van der Waals surface area (Å²) in [6.45, 7) is 6.71. The van der Waals surface area contributed by atoms with Gasteiger partial charge in [0.15, 0.2) is 0 Å². The van der Waals surface area contributed by atoms with Crippen LogP contribution in [0.1, 0.15) is 30.6 Å². The molecule has 1 aromatic rings. The first-order chi connectivity index (χ1) is 10.6. The molecule has 0 spiro atoms. The first kappa shape index (κ1) is 18.5. The summed E-state index contributed by atoms with van der Waals surface area (Å²) in [6, 6.07) is 7.78. The Labute approximate surface area is 133 Å². The molecule has 0 aliphatic heterocycles. The zero-order valence-corrected chi connectivity index (χ0v) is 14.1. The average molecular weight is 308 g/mol. The number of rotatable bonds is 10. The molecule has 0 fully saturated rings. The van der Waals surface area contributed by atoms with Crippen LogP contribution in [-0.4, -0.2) is 57.3 Å². The molecule has 0 heterocycles. The number of nitrogens with one attached hydrogen (secondary N) is 1. The fourth-order valence-corrected chi connectivity index (χ4v) is 1.99. The van der Waals surface area contributed by atoms with Gasteiger partial charge in [0.05, 0.1) is 12.2 Å². The lowest BCUT2D eigenvalue weighted by molar-refractivity contribution is 0.0939. The Balaban J connectivity index is 2.51. The molecule has 0 bridgehead atoms. The minimum absolute atomic E-state index is 0.106. The van der Waals surface area contributed by atoms with E-state index in [0.717, 1.165) is 13.0 Å². The Morgan fingerprint density at radius 2 is 2.05 bits per heavy atom. The van der Waals surface area contributed by atoms with Gasteiger partial charge in [0, 0.05) is 26.2 Å². The average Bonchev–Trinajstić information content (AvgIpc) is 2.54. The number of para-hydroxylation sites is 1. The van der Waals surface area contributed by atoms with E-state index in [1.54, 1.807) is 19.2 Å². The summed E-state index contributed by atoms with van der Waals surface area (Å²) in [5.41, 5.74) is 0.560. The Bertz CT molecular complexity index is 451. The third-order valence-corrected chi connectivity index (χ3v) is 3.77. The quantitative estimate of drug-likeness (QED) is 0.673. The number of methoxy groups -OCH3 is 1. The summed E-state index contributed by atoms with van der Waals surface area (Å²) in [6.07, 6.45) is 1.10. The van der Waals surface area contributed by atoms with E-state index in [4.69, 9.17) is 9.47 Å². The van der Waals surface area contributed by atoms with E-state index in [1.165, 1.54) is 0 Å². The molecule has 1 atom stereocenters. The maximum atomic E-state index is 12.3. The van der Waals surface area contributed by atoms with Crippen LogP contribution in [0, 0.1) is 0 Å². The van der Waals surface area contributed by atoms with E-state index in [1.807, 2.05) is 12.1 Å². The fraction of sp³-hybridized carbons (Fsp3) is 0.588. The van der Waals surface area contributed by atoms with Gasteiger partial charge in [0.2, 0.25) is 0 Å². The van der Waals surface area contributed by atoms with Crippen molar-refractivity contribution in [1.29, 1.82) is 0 Å².